The summed E-state index contributed by atoms with van der Waals surface area (Å²) in [5.41, 5.74) is 0.739. The van der Waals surface area contributed by atoms with Gasteiger partial charge in [-0.2, -0.15) is 0 Å². The number of carboxylic acid groups (broad SMARTS) is 1. The Balaban J connectivity index is 1.91. The molecule has 1 amide bonds. The number of hydrogen-bond acceptors (Lipinski definition) is 4. The van der Waals surface area contributed by atoms with Crippen molar-refractivity contribution < 1.29 is 19.6 Å². The summed E-state index contributed by atoms with van der Waals surface area (Å²) in [6.07, 6.45) is 1.94. The van der Waals surface area contributed by atoms with Crippen LogP contribution >= 0.6 is 0 Å². The number of hydrogen-bond donors (Lipinski definition) is 1. The molecule has 1 aromatic rings. The lowest BCUT2D eigenvalue weighted by molar-refractivity contribution is -0.384. The third kappa shape index (κ3) is 4.03. The van der Waals surface area contributed by atoms with Crippen LogP contribution in [0.3, 0.4) is 0 Å². The Bertz CT molecular complexity index is 587. The zero-order valence-electron chi connectivity index (χ0n) is 12.1. The van der Waals surface area contributed by atoms with E-state index in [9.17, 15) is 19.7 Å². The van der Waals surface area contributed by atoms with Gasteiger partial charge in [-0.05, 0) is 24.8 Å². The first-order valence-corrected chi connectivity index (χ1v) is 7.21. The molecule has 1 N–H and O–H groups in total. The van der Waals surface area contributed by atoms with E-state index in [0.717, 1.165) is 5.56 Å². The van der Waals surface area contributed by atoms with Crippen LogP contribution in [0.4, 0.5) is 5.69 Å². The molecule has 1 aromatic carbocycles. The van der Waals surface area contributed by atoms with Gasteiger partial charge in [-0.15, -0.1) is 0 Å². The van der Waals surface area contributed by atoms with Crippen molar-refractivity contribution in [3.63, 3.8) is 0 Å². The number of nitro benzene ring substituents is 1. The third-order valence-corrected chi connectivity index (χ3v) is 3.87. The Morgan fingerprint density at radius 1 is 1.41 bits per heavy atom. The maximum absolute atomic E-state index is 12.2. The number of aliphatic carboxylic acids is 1. The smallest absolute Gasteiger partial charge is 0.308 e. The quantitative estimate of drug-likeness (QED) is 0.661. The highest BCUT2D eigenvalue weighted by Crippen LogP contribution is 2.19. The summed E-state index contributed by atoms with van der Waals surface area (Å²) < 4.78 is 0. The van der Waals surface area contributed by atoms with Crippen LogP contribution < -0.4 is 0 Å². The highest BCUT2D eigenvalue weighted by molar-refractivity contribution is 5.78. The number of amides is 1. The Labute approximate surface area is 127 Å². The van der Waals surface area contributed by atoms with Gasteiger partial charge in [0, 0.05) is 31.6 Å². The normalized spacial score (nSPS) is 18.0. The van der Waals surface area contributed by atoms with Crippen molar-refractivity contribution in [2.75, 3.05) is 13.1 Å². The van der Waals surface area contributed by atoms with Gasteiger partial charge >= 0.3 is 5.97 Å². The van der Waals surface area contributed by atoms with Gasteiger partial charge in [0.1, 0.15) is 0 Å². The molecule has 22 heavy (non-hydrogen) atoms. The Kier molecular flexibility index (Phi) is 5.08. The first kappa shape index (κ1) is 15.9. The van der Waals surface area contributed by atoms with E-state index in [1.165, 1.54) is 12.1 Å². The second-order valence-corrected chi connectivity index (χ2v) is 5.44. The van der Waals surface area contributed by atoms with E-state index in [1.807, 2.05) is 0 Å². The molecule has 2 rings (SSSR count). The fourth-order valence-electron chi connectivity index (χ4n) is 2.64. The molecule has 7 heteroatoms. The number of carboxylic acids is 1. The molecule has 0 aromatic heterocycles. The fraction of sp³-hybridized carbons (Fsp3) is 0.467. The van der Waals surface area contributed by atoms with Crippen LogP contribution in [0, 0.1) is 16.0 Å². The number of rotatable bonds is 5. The van der Waals surface area contributed by atoms with Crippen LogP contribution in [0.2, 0.25) is 0 Å². The maximum Gasteiger partial charge on any atom is 0.308 e. The molecule has 118 valence electrons. The average molecular weight is 306 g/mol. The highest BCUT2D eigenvalue weighted by Gasteiger charge is 2.27. The zero-order valence-corrected chi connectivity index (χ0v) is 12.1. The van der Waals surface area contributed by atoms with Crippen molar-refractivity contribution in [1.82, 2.24) is 4.90 Å². The van der Waals surface area contributed by atoms with Crippen LogP contribution in [-0.2, 0) is 16.0 Å². The molecule has 0 bridgehead atoms. The van der Waals surface area contributed by atoms with Crippen LogP contribution in [0.25, 0.3) is 0 Å². The molecule has 0 radical (unpaired) electrons. The molecule has 1 heterocycles. The van der Waals surface area contributed by atoms with Crippen LogP contribution in [-0.4, -0.2) is 39.9 Å². The Morgan fingerprint density at radius 2 is 2.18 bits per heavy atom. The van der Waals surface area contributed by atoms with Gasteiger partial charge in [-0.25, -0.2) is 0 Å². The van der Waals surface area contributed by atoms with Gasteiger partial charge < -0.3 is 10.0 Å². The van der Waals surface area contributed by atoms with Gasteiger partial charge in [0.25, 0.3) is 5.69 Å². The summed E-state index contributed by atoms with van der Waals surface area (Å²) in [5.74, 6) is -1.45. The van der Waals surface area contributed by atoms with Crippen molar-refractivity contribution in [1.29, 1.82) is 0 Å². The molecule has 1 atom stereocenters. The monoisotopic (exact) mass is 306 g/mol. The number of carbonyl (C=O) groups excluding carboxylic acids is 1. The number of carbonyl (C=O) groups is 2. The van der Waals surface area contributed by atoms with Crippen molar-refractivity contribution in [2.24, 2.45) is 5.92 Å². The average Bonchev–Trinajstić information content (AvgIpc) is 2.53. The van der Waals surface area contributed by atoms with E-state index in [0.29, 0.717) is 25.8 Å². The van der Waals surface area contributed by atoms with Gasteiger partial charge in [0.15, 0.2) is 0 Å². The molecule has 0 unspecified atom stereocenters. The molecule has 1 aliphatic heterocycles. The maximum atomic E-state index is 12.2. The summed E-state index contributed by atoms with van der Waals surface area (Å²) in [5, 5.41) is 19.7. The highest BCUT2D eigenvalue weighted by atomic mass is 16.6. The summed E-state index contributed by atoms with van der Waals surface area (Å²) in [6, 6.07) is 6.22. The molecular weight excluding hydrogens is 288 g/mol. The number of likely N-dealkylation sites (tertiary alicyclic amines) is 1. The fourth-order valence-corrected chi connectivity index (χ4v) is 2.64. The second kappa shape index (κ2) is 7.02. The van der Waals surface area contributed by atoms with E-state index in [1.54, 1.807) is 17.0 Å². The summed E-state index contributed by atoms with van der Waals surface area (Å²) in [6.45, 7) is 0.834. The van der Waals surface area contributed by atoms with Crippen molar-refractivity contribution in [2.45, 2.75) is 25.7 Å². The number of nitrogens with zero attached hydrogens (tertiary/aromatic N) is 2. The molecule has 0 aliphatic carbocycles. The number of benzene rings is 1. The van der Waals surface area contributed by atoms with Crippen LogP contribution in [0.5, 0.6) is 0 Å². The van der Waals surface area contributed by atoms with E-state index in [-0.39, 0.29) is 24.6 Å². The Hall–Kier alpha value is -2.44. The number of nitro groups is 1. The molecule has 0 saturated carbocycles. The lowest BCUT2D eigenvalue weighted by Gasteiger charge is -2.30. The van der Waals surface area contributed by atoms with Crippen molar-refractivity contribution in [3.05, 3.63) is 39.9 Å². The summed E-state index contributed by atoms with van der Waals surface area (Å²) in [4.78, 5) is 35.0. The lowest BCUT2D eigenvalue weighted by Crippen LogP contribution is -2.42. The number of piperidine rings is 1. The summed E-state index contributed by atoms with van der Waals surface area (Å²) >= 11 is 0. The predicted molar refractivity (Wildman–Crippen MR) is 78.4 cm³/mol. The molecule has 1 aliphatic rings. The molecule has 1 saturated heterocycles. The topological polar surface area (TPSA) is 101 Å². The SMILES string of the molecule is O=C(O)[C@H]1CCCN(C(=O)CCc2cccc([N+](=O)[O-])c2)C1. The molecule has 0 spiro atoms. The van der Waals surface area contributed by atoms with Gasteiger partial charge in [0.2, 0.25) is 5.91 Å². The minimum Gasteiger partial charge on any atom is -0.481 e. The van der Waals surface area contributed by atoms with Gasteiger partial charge in [-0.3, -0.25) is 19.7 Å². The second-order valence-electron chi connectivity index (χ2n) is 5.44. The summed E-state index contributed by atoms with van der Waals surface area (Å²) in [7, 11) is 0. The first-order valence-electron chi connectivity index (χ1n) is 7.21. The van der Waals surface area contributed by atoms with Crippen LogP contribution in [0.15, 0.2) is 24.3 Å². The molecular formula is C15H18N2O5. The minimum atomic E-state index is -0.865. The van der Waals surface area contributed by atoms with Crippen molar-refractivity contribution >= 4 is 17.6 Å². The number of aryl methyl sites for hydroxylation is 1. The predicted octanol–water partition coefficient (Wildman–Crippen LogP) is 1.85. The van der Waals surface area contributed by atoms with E-state index < -0.39 is 16.8 Å². The van der Waals surface area contributed by atoms with E-state index >= 15 is 0 Å². The van der Waals surface area contributed by atoms with E-state index in [4.69, 9.17) is 5.11 Å². The minimum absolute atomic E-state index is 0.00821. The zero-order chi connectivity index (χ0) is 16.1. The van der Waals surface area contributed by atoms with Gasteiger partial charge in [0.05, 0.1) is 10.8 Å². The third-order valence-electron chi connectivity index (χ3n) is 3.87. The van der Waals surface area contributed by atoms with E-state index in [2.05, 4.69) is 0 Å². The van der Waals surface area contributed by atoms with Crippen LogP contribution in [0.1, 0.15) is 24.8 Å². The standard InChI is InChI=1S/C15H18N2O5/c18-14(16-8-2-4-12(10-16)15(19)20)7-6-11-3-1-5-13(9-11)17(21)22/h1,3,5,9,12H,2,4,6-8,10H2,(H,19,20)/t12-/m0/s1. The Morgan fingerprint density at radius 3 is 2.86 bits per heavy atom. The first-order chi connectivity index (χ1) is 10.5. The molecule has 7 nitrogen and oxygen atoms in total. The largest absolute Gasteiger partial charge is 0.481 e. The van der Waals surface area contributed by atoms with Crippen molar-refractivity contribution in [3.8, 4) is 0 Å². The number of non-ortho nitro benzene ring substituents is 1. The molecule has 1 fully saturated rings. The lowest BCUT2D eigenvalue weighted by atomic mass is 9.97. The van der Waals surface area contributed by atoms with Gasteiger partial charge in [-0.1, -0.05) is 12.1 Å².